The smallest absolute Gasteiger partial charge is 0.253 e. The van der Waals surface area contributed by atoms with Gasteiger partial charge in [-0.05, 0) is 54.8 Å². The minimum atomic E-state index is 0.0806. The highest BCUT2D eigenvalue weighted by atomic mass is 35.5. The molecule has 3 aromatic rings. The van der Waals surface area contributed by atoms with Gasteiger partial charge in [-0.2, -0.15) is 0 Å². The lowest BCUT2D eigenvalue weighted by atomic mass is 10.1. The maximum Gasteiger partial charge on any atom is 0.253 e. The van der Waals surface area contributed by atoms with E-state index in [1.54, 1.807) is 18.9 Å². The topological polar surface area (TPSA) is 61.8 Å². The molecule has 0 spiro atoms. The molecule has 5 rings (SSSR count). The van der Waals surface area contributed by atoms with Crippen molar-refractivity contribution in [3.8, 4) is 5.75 Å². The van der Waals surface area contributed by atoms with Crippen LogP contribution in [0.1, 0.15) is 28.8 Å². The first-order valence-electron chi connectivity index (χ1n) is 12.3. The Kier molecular flexibility index (Phi) is 7.82. The number of hydrogen-bond acceptors (Lipinski definition) is 7. The van der Waals surface area contributed by atoms with E-state index in [4.69, 9.17) is 21.3 Å². The van der Waals surface area contributed by atoms with E-state index in [1.165, 1.54) is 12.8 Å². The van der Waals surface area contributed by atoms with Crippen molar-refractivity contribution >= 4 is 40.8 Å². The van der Waals surface area contributed by atoms with Gasteiger partial charge in [0.1, 0.15) is 16.7 Å². The predicted molar refractivity (Wildman–Crippen MR) is 146 cm³/mol. The van der Waals surface area contributed by atoms with Gasteiger partial charge in [0.2, 0.25) is 0 Å². The molecule has 0 atom stereocenters. The van der Waals surface area contributed by atoms with Crippen molar-refractivity contribution in [1.29, 1.82) is 0 Å². The molecule has 1 aromatic heterocycles. The second-order valence-corrected chi connectivity index (χ2v) is 10.3. The monoisotopic (exact) mass is 523 g/mol. The van der Waals surface area contributed by atoms with E-state index in [9.17, 15) is 4.79 Å². The van der Waals surface area contributed by atoms with Gasteiger partial charge in [-0.3, -0.25) is 4.79 Å². The third-order valence-electron chi connectivity index (χ3n) is 6.66. The van der Waals surface area contributed by atoms with Crippen LogP contribution in [0.4, 0.5) is 11.5 Å². The van der Waals surface area contributed by atoms with Crippen LogP contribution in [0.15, 0.2) is 59.8 Å². The number of nitrogens with zero attached hydrogens (tertiary/aromatic N) is 5. The molecule has 2 fully saturated rings. The second kappa shape index (κ2) is 11.4. The number of aromatic nitrogens is 2. The fourth-order valence-electron chi connectivity index (χ4n) is 4.59. The third kappa shape index (κ3) is 5.87. The largest absolute Gasteiger partial charge is 0.497 e. The number of amides is 1. The molecule has 36 heavy (non-hydrogen) atoms. The number of carbonyl (C=O) groups is 1. The molecule has 0 N–H and O–H groups in total. The van der Waals surface area contributed by atoms with Crippen molar-refractivity contribution < 1.29 is 9.53 Å². The first-order valence-corrected chi connectivity index (χ1v) is 13.6. The number of methoxy groups -OCH3 is 1. The molecular formula is C27H30ClN5O2S. The molecule has 0 bridgehead atoms. The summed E-state index contributed by atoms with van der Waals surface area (Å²) in [5, 5.41) is 1.15. The van der Waals surface area contributed by atoms with Gasteiger partial charge in [0.25, 0.3) is 5.91 Å². The van der Waals surface area contributed by atoms with Crippen LogP contribution in [-0.2, 0) is 5.75 Å². The van der Waals surface area contributed by atoms with Crippen LogP contribution in [0.25, 0.3) is 0 Å². The molecular weight excluding hydrogens is 494 g/mol. The zero-order valence-corrected chi connectivity index (χ0v) is 22.0. The van der Waals surface area contributed by atoms with E-state index in [1.807, 2.05) is 47.4 Å². The molecule has 2 aromatic carbocycles. The van der Waals surface area contributed by atoms with Crippen molar-refractivity contribution in [2.45, 2.75) is 23.8 Å². The molecule has 3 heterocycles. The molecule has 0 unspecified atom stereocenters. The van der Waals surface area contributed by atoms with Gasteiger partial charge in [-0.1, -0.05) is 35.5 Å². The van der Waals surface area contributed by atoms with Crippen molar-refractivity contribution in [3.05, 3.63) is 70.9 Å². The number of carbonyl (C=O) groups excluding carboxylic acids is 1. The standard InChI is InChI=1S/C27H30ClN5O2S/c1-35-23-10-8-22(9-11-23)31-14-16-33(17-15-31)26(34)21-6-4-20(5-7-21)19-36-27-29-24(28)18-25(30-27)32-12-2-3-13-32/h4-11,18H,2-3,12-17,19H2,1H3. The Morgan fingerprint density at radius 2 is 1.61 bits per heavy atom. The molecule has 2 aliphatic rings. The molecule has 7 nitrogen and oxygen atoms in total. The van der Waals surface area contributed by atoms with E-state index >= 15 is 0 Å². The summed E-state index contributed by atoms with van der Waals surface area (Å²) in [6.45, 7) is 5.06. The van der Waals surface area contributed by atoms with Gasteiger partial charge in [0.05, 0.1) is 7.11 Å². The Morgan fingerprint density at radius 3 is 2.28 bits per heavy atom. The van der Waals surface area contributed by atoms with Gasteiger partial charge in [-0.15, -0.1) is 0 Å². The molecule has 0 radical (unpaired) electrons. The summed E-state index contributed by atoms with van der Waals surface area (Å²) >= 11 is 7.82. The fourth-order valence-corrected chi connectivity index (χ4v) is 5.63. The Bertz CT molecular complexity index is 1180. The van der Waals surface area contributed by atoms with E-state index in [-0.39, 0.29) is 5.91 Å². The van der Waals surface area contributed by atoms with Crippen molar-refractivity contribution in [3.63, 3.8) is 0 Å². The molecule has 2 aliphatic heterocycles. The lowest BCUT2D eigenvalue weighted by Crippen LogP contribution is -2.48. The average molecular weight is 524 g/mol. The number of halogens is 1. The molecule has 0 saturated carbocycles. The van der Waals surface area contributed by atoms with Crippen LogP contribution in [0, 0.1) is 0 Å². The lowest BCUT2D eigenvalue weighted by molar-refractivity contribution is 0.0747. The van der Waals surface area contributed by atoms with Crippen LogP contribution in [-0.4, -0.2) is 67.2 Å². The fraction of sp³-hybridized carbons (Fsp3) is 0.370. The van der Waals surface area contributed by atoms with E-state index in [0.717, 1.165) is 60.3 Å². The second-order valence-electron chi connectivity index (χ2n) is 8.99. The van der Waals surface area contributed by atoms with Crippen molar-refractivity contribution in [2.24, 2.45) is 0 Å². The van der Waals surface area contributed by atoms with Gasteiger partial charge in [0, 0.05) is 62.3 Å². The van der Waals surface area contributed by atoms with Gasteiger partial charge in [-0.25, -0.2) is 9.97 Å². The third-order valence-corrected chi connectivity index (χ3v) is 7.78. The number of benzene rings is 2. The molecule has 2 saturated heterocycles. The zero-order chi connectivity index (χ0) is 24.9. The quantitative estimate of drug-likeness (QED) is 0.245. The van der Waals surface area contributed by atoms with Crippen molar-refractivity contribution in [1.82, 2.24) is 14.9 Å². The van der Waals surface area contributed by atoms with Gasteiger partial charge in [0.15, 0.2) is 5.16 Å². The number of anilines is 2. The van der Waals surface area contributed by atoms with Crippen LogP contribution < -0.4 is 14.5 Å². The molecule has 1 amide bonds. The summed E-state index contributed by atoms with van der Waals surface area (Å²) in [6, 6.07) is 17.8. The van der Waals surface area contributed by atoms with Gasteiger partial charge >= 0.3 is 0 Å². The Balaban J connectivity index is 1.14. The maximum absolute atomic E-state index is 13.1. The highest BCUT2D eigenvalue weighted by Crippen LogP contribution is 2.27. The van der Waals surface area contributed by atoms with E-state index in [0.29, 0.717) is 23.4 Å². The number of thioether (sulfide) groups is 1. The predicted octanol–water partition coefficient (Wildman–Crippen LogP) is 4.99. The summed E-state index contributed by atoms with van der Waals surface area (Å²) in [7, 11) is 1.67. The van der Waals surface area contributed by atoms with Crippen molar-refractivity contribution in [2.75, 3.05) is 56.2 Å². The first kappa shape index (κ1) is 24.7. The van der Waals surface area contributed by atoms with Crippen LogP contribution in [0.2, 0.25) is 5.15 Å². The molecule has 9 heteroatoms. The summed E-state index contributed by atoms with van der Waals surface area (Å²) in [6.07, 6.45) is 2.38. The maximum atomic E-state index is 13.1. The first-order chi connectivity index (χ1) is 17.6. The Morgan fingerprint density at radius 1 is 0.917 bits per heavy atom. The lowest BCUT2D eigenvalue weighted by Gasteiger charge is -2.36. The number of rotatable bonds is 7. The Labute approximate surface area is 221 Å². The van der Waals surface area contributed by atoms with Crippen LogP contribution in [0.3, 0.4) is 0 Å². The van der Waals surface area contributed by atoms with Crippen LogP contribution >= 0.6 is 23.4 Å². The molecule has 0 aliphatic carbocycles. The highest BCUT2D eigenvalue weighted by Gasteiger charge is 2.22. The number of hydrogen-bond donors (Lipinski definition) is 0. The van der Waals surface area contributed by atoms with Gasteiger partial charge < -0.3 is 19.4 Å². The average Bonchev–Trinajstić information content (AvgIpc) is 3.47. The number of ether oxygens (including phenoxy) is 1. The summed E-state index contributed by atoms with van der Waals surface area (Å²) in [5.74, 6) is 2.55. The normalized spacial score (nSPS) is 15.9. The molecule has 188 valence electrons. The SMILES string of the molecule is COc1ccc(N2CCN(C(=O)c3ccc(CSc4nc(Cl)cc(N5CCCC5)n4)cc3)CC2)cc1. The van der Waals surface area contributed by atoms with E-state index < -0.39 is 0 Å². The minimum Gasteiger partial charge on any atom is -0.497 e. The van der Waals surface area contributed by atoms with E-state index in [2.05, 4.69) is 26.9 Å². The highest BCUT2D eigenvalue weighted by molar-refractivity contribution is 7.98. The number of piperazine rings is 1. The Hall–Kier alpha value is -2.97. The van der Waals surface area contributed by atoms with Crippen LogP contribution in [0.5, 0.6) is 5.75 Å². The minimum absolute atomic E-state index is 0.0806. The zero-order valence-electron chi connectivity index (χ0n) is 20.4. The summed E-state index contributed by atoms with van der Waals surface area (Å²) in [4.78, 5) is 28.6. The summed E-state index contributed by atoms with van der Waals surface area (Å²) in [5.41, 5.74) is 2.99. The summed E-state index contributed by atoms with van der Waals surface area (Å²) < 4.78 is 5.24.